The normalized spacial score (nSPS) is 10.4. The molecule has 0 bridgehead atoms. The predicted octanol–water partition coefficient (Wildman–Crippen LogP) is 4.36. The number of hydrogen-bond donors (Lipinski definition) is 1. The maximum absolute atomic E-state index is 11.9. The minimum atomic E-state index is -0.573. The van der Waals surface area contributed by atoms with Crippen LogP contribution in [0.4, 0.5) is 9.80 Å². The molecule has 0 fully saturated rings. The van der Waals surface area contributed by atoms with Crippen molar-refractivity contribution in [1.82, 2.24) is 4.57 Å². The van der Waals surface area contributed by atoms with Crippen LogP contribution in [0.1, 0.15) is 11.1 Å². The Labute approximate surface area is 153 Å². The molecule has 0 atom stereocenters. The van der Waals surface area contributed by atoms with Crippen LogP contribution in [0, 0.1) is 0 Å². The average Bonchev–Trinajstić information content (AvgIpc) is 2.96. The standard InChI is InChI=1S/C18H15ClN2O3S/c19-16-14(10-21-9-5-4-8-15(21)22)12-25-17(16)20-18(23)24-11-13-6-2-1-3-7-13/h1-9,12H,10-11H2,(H,20,23). The molecular formula is C18H15ClN2O3S. The zero-order valence-corrected chi connectivity index (χ0v) is 14.7. The van der Waals surface area contributed by atoms with Gasteiger partial charge in [-0.05, 0) is 17.0 Å². The van der Waals surface area contributed by atoms with E-state index in [0.717, 1.165) is 11.1 Å². The van der Waals surface area contributed by atoms with Crippen molar-refractivity contribution in [3.63, 3.8) is 0 Å². The highest BCUT2D eigenvalue weighted by atomic mass is 35.5. The first kappa shape index (κ1) is 17.3. The van der Waals surface area contributed by atoms with Crippen LogP contribution in [0.5, 0.6) is 0 Å². The summed E-state index contributed by atoms with van der Waals surface area (Å²) in [6.07, 6.45) is 1.12. The summed E-state index contributed by atoms with van der Waals surface area (Å²) in [5.74, 6) is 0. The molecule has 25 heavy (non-hydrogen) atoms. The number of carbonyl (C=O) groups is 1. The van der Waals surface area contributed by atoms with E-state index < -0.39 is 6.09 Å². The Bertz CT molecular complexity index is 921. The highest BCUT2D eigenvalue weighted by molar-refractivity contribution is 7.15. The van der Waals surface area contributed by atoms with Crippen LogP contribution in [-0.2, 0) is 17.9 Å². The fraction of sp³-hybridized carbons (Fsp3) is 0.111. The lowest BCUT2D eigenvalue weighted by Gasteiger charge is -2.07. The highest BCUT2D eigenvalue weighted by Crippen LogP contribution is 2.33. The van der Waals surface area contributed by atoms with Crippen LogP contribution >= 0.6 is 22.9 Å². The summed E-state index contributed by atoms with van der Waals surface area (Å²) in [6, 6.07) is 14.4. The molecule has 128 valence electrons. The molecule has 0 radical (unpaired) electrons. The largest absolute Gasteiger partial charge is 0.444 e. The van der Waals surface area contributed by atoms with E-state index in [1.165, 1.54) is 17.4 Å². The van der Waals surface area contributed by atoms with Gasteiger partial charge in [0.25, 0.3) is 5.56 Å². The molecule has 7 heteroatoms. The molecule has 0 spiro atoms. The van der Waals surface area contributed by atoms with E-state index in [-0.39, 0.29) is 12.2 Å². The van der Waals surface area contributed by atoms with Crippen LogP contribution in [0.15, 0.2) is 64.9 Å². The maximum atomic E-state index is 11.9. The Morgan fingerprint density at radius 2 is 1.92 bits per heavy atom. The Morgan fingerprint density at radius 1 is 1.16 bits per heavy atom. The lowest BCUT2D eigenvalue weighted by atomic mass is 10.2. The molecule has 2 heterocycles. The Morgan fingerprint density at radius 3 is 2.68 bits per heavy atom. The summed E-state index contributed by atoms with van der Waals surface area (Å²) in [7, 11) is 0. The van der Waals surface area contributed by atoms with Crippen LogP contribution in [0.2, 0.25) is 5.02 Å². The Kier molecular flexibility index (Phi) is 5.53. The third kappa shape index (κ3) is 4.49. The van der Waals surface area contributed by atoms with Gasteiger partial charge in [0.2, 0.25) is 0 Å². The average molecular weight is 375 g/mol. The molecule has 0 saturated heterocycles. The van der Waals surface area contributed by atoms with Gasteiger partial charge in [0, 0.05) is 17.8 Å². The third-order valence-corrected chi connectivity index (χ3v) is 4.96. The molecule has 0 aliphatic heterocycles. The van der Waals surface area contributed by atoms with Crippen LogP contribution < -0.4 is 10.9 Å². The smallest absolute Gasteiger partial charge is 0.412 e. The minimum absolute atomic E-state index is 0.110. The number of amides is 1. The van der Waals surface area contributed by atoms with E-state index in [1.54, 1.807) is 22.9 Å². The highest BCUT2D eigenvalue weighted by Gasteiger charge is 2.14. The van der Waals surface area contributed by atoms with Gasteiger partial charge in [-0.2, -0.15) is 0 Å². The van der Waals surface area contributed by atoms with Crippen molar-refractivity contribution < 1.29 is 9.53 Å². The first-order chi connectivity index (χ1) is 12.1. The molecule has 5 nitrogen and oxygen atoms in total. The second-order valence-electron chi connectivity index (χ2n) is 5.26. The zero-order valence-electron chi connectivity index (χ0n) is 13.1. The van der Waals surface area contributed by atoms with Gasteiger partial charge in [0.15, 0.2) is 0 Å². The van der Waals surface area contributed by atoms with Crippen molar-refractivity contribution >= 4 is 34.0 Å². The Hall–Kier alpha value is -2.57. The van der Waals surface area contributed by atoms with Crippen molar-refractivity contribution in [2.75, 3.05) is 5.32 Å². The number of benzene rings is 1. The molecule has 3 rings (SSSR count). The van der Waals surface area contributed by atoms with Crippen molar-refractivity contribution in [3.05, 3.63) is 86.6 Å². The SMILES string of the molecule is O=C(Nc1scc(Cn2ccccc2=O)c1Cl)OCc1ccccc1. The van der Waals surface area contributed by atoms with E-state index in [1.807, 2.05) is 35.7 Å². The first-order valence-corrected chi connectivity index (χ1v) is 8.78. The summed E-state index contributed by atoms with van der Waals surface area (Å²) < 4.78 is 6.72. The number of nitrogens with zero attached hydrogens (tertiary/aromatic N) is 1. The van der Waals surface area contributed by atoms with E-state index in [2.05, 4.69) is 5.32 Å². The number of hydrogen-bond acceptors (Lipinski definition) is 4. The number of anilines is 1. The van der Waals surface area contributed by atoms with Crippen molar-refractivity contribution in [2.45, 2.75) is 13.2 Å². The van der Waals surface area contributed by atoms with Gasteiger partial charge in [-0.15, -0.1) is 11.3 Å². The van der Waals surface area contributed by atoms with Gasteiger partial charge in [-0.1, -0.05) is 48.0 Å². The van der Waals surface area contributed by atoms with Gasteiger partial charge in [0.1, 0.15) is 11.6 Å². The van der Waals surface area contributed by atoms with Gasteiger partial charge < -0.3 is 9.30 Å². The van der Waals surface area contributed by atoms with E-state index >= 15 is 0 Å². The summed E-state index contributed by atoms with van der Waals surface area (Å²) in [5.41, 5.74) is 1.55. The molecular weight excluding hydrogens is 360 g/mol. The number of nitrogens with one attached hydrogen (secondary N) is 1. The lowest BCUT2D eigenvalue weighted by molar-refractivity contribution is 0.155. The Balaban J connectivity index is 1.62. The molecule has 2 aromatic heterocycles. The number of aromatic nitrogens is 1. The molecule has 1 N–H and O–H groups in total. The lowest BCUT2D eigenvalue weighted by Crippen LogP contribution is -2.18. The molecule has 0 aliphatic carbocycles. The second kappa shape index (κ2) is 8.00. The van der Waals surface area contributed by atoms with Gasteiger partial charge in [-0.3, -0.25) is 10.1 Å². The van der Waals surface area contributed by atoms with Crippen molar-refractivity contribution in [2.24, 2.45) is 0 Å². The van der Waals surface area contributed by atoms with Crippen LogP contribution in [-0.4, -0.2) is 10.7 Å². The fourth-order valence-corrected chi connectivity index (χ4v) is 3.39. The number of thiophene rings is 1. The van der Waals surface area contributed by atoms with E-state index in [4.69, 9.17) is 16.3 Å². The molecule has 0 saturated carbocycles. The van der Waals surface area contributed by atoms with Crippen molar-refractivity contribution in [3.8, 4) is 0 Å². The van der Waals surface area contributed by atoms with E-state index in [9.17, 15) is 9.59 Å². The fourth-order valence-electron chi connectivity index (χ4n) is 2.20. The monoisotopic (exact) mass is 374 g/mol. The van der Waals surface area contributed by atoms with Gasteiger partial charge >= 0.3 is 6.09 Å². The summed E-state index contributed by atoms with van der Waals surface area (Å²) in [5, 5.41) is 5.37. The summed E-state index contributed by atoms with van der Waals surface area (Å²) >= 11 is 7.60. The minimum Gasteiger partial charge on any atom is -0.444 e. The molecule has 1 amide bonds. The predicted molar refractivity (Wildman–Crippen MR) is 99.4 cm³/mol. The summed E-state index contributed by atoms with van der Waals surface area (Å²) in [6.45, 7) is 0.525. The van der Waals surface area contributed by atoms with Gasteiger partial charge in [0.05, 0.1) is 11.6 Å². The maximum Gasteiger partial charge on any atom is 0.412 e. The van der Waals surface area contributed by atoms with E-state index in [0.29, 0.717) is 16.6 Å². The second-order valence-corrected chi connectivity index (χ2v) is 6.52. The van der Waals surface area contributed by atoms with Crippen molar-refractivity contribution in [1.29, 1.82) is 0 Å². The molecule has 3 aromatic rings. The first-order valence-electron chi connectivity index (χ1n) is 7.52. The molecule has 0 unspecified atom stereocenters. The third-order valence-electron chi connectivity index (χ3n) is 3.47. The molecule has 0 aliphatic rings. The number of halogens is 1. The van der Waals surface area contributed by atoms with Crippen LogP contribution in [0.3, 0.4) is 0 Å². The topological polar surface area (TPSA) is 60.3 Å². The number of pyridine rings is 1. The summed E-state index contributed by atoms with van der Waals surface area (Å²) in [4.78, 5) is 23.7. The quantitative estimate of drug-likeness (QED) is 0.721. The zero-order chi connectivity index (χ0) is 17.6. The van der Waals surface area contributed by atoms with Gasteiger partial charge in [-0.25, -0.2) is 4.79 Å². The number of ether oxygens (including phenoxy) is 1. The molecule has 1 aromatic carbocycles. The number of carbonyl (C=O) groups excluding carboxylic acids is 1. The van der Waals surface area contributed by atoms with Crippen LogP contribution in [0.25, 0.3) is 0 Å². The number of rotatable bonds is 5.